The molecule has 0 aliphatic rings. The van der Waals surface area contributed by atoms with Crippen LogP contribution in [0.15, 0.2) is 23.6 Å². The van der Waals surface area contributed by atoms with Crippen molar-refractivity contribution >= 4 is 28.1 Å². The minimum Gasteiger partial charge on any atom is -0.373 e. The van der Waals surface area contributed by atoms with Crippen LogP contribution in [0.1, 0.15) is 10.6 Å². The van der Waals surface area contributed by atoms with E-state index in [0.717, 1.165) is 27.4 Å². The van der Waals surface area contributed by atoms with Gasteiger partial charge >= 0.3 is 0 Å². The average Bonchev–Trinajstić information content (AvgIpc) is 2.84. The standard InChI is InChI=1S/C14H14N4S/c1-8-5-4-6-10-12(8)14(15-3)18-13(17-10)11-7-19-9(2)16-11/h4-7H,1-3H3,(H,15,17,18). The van der Waals surface area contributed by atoms with Crippen molar-refractivity contribution in [1.29, 1.82) is 0 Å². The maximum absolute atomic E-state index is 4.62. The number of nitrogens with zero attached hydrogens (tertiary/aromatic N) is 3. The van der Waals surface area contributed by atoms with Gasteiger partial charge in [-0.15, -0.1) is 11.3 Å². The SMILES string of the molecule is CNc1nc(-c2csc(C)n2)nc2cccc(C)c12. The van der Waals surface area contributed by atoms with Gasteiger partial charge in [0.1, 0.15) is 11.5 Å². The Hall–Kier alpha value is -2.01. The zero-order valence-corrected chi connectivity index (χ0v) is 11.9. The van der Waals surface area contributed by atoms with Crippen LogP contribution < -0.4 is 5.32 Å². The zero-order chi connectivity index (χ0) is 13.4. The Bertz CT molecular complexity index is 748. The van der Waals surface area contributed by atoms with Crippen LogP contribution in [0.4, 0.5) is 5.82 Å². The molecule has 0 atom stereocenters. The second kappa shape index (κ2) is 4.59. The molecule has 19 heavy (non-hydrogen) atoms. The molecule has 0 aliphatic carbocycles. The van der Waals surface area contributed by atoms with Gasteiger partial charge in [-0.1, -0.05) is 12.1 Å². The zero-order valence-electron chi connectivity index (χ0n) is 11.1. The third-order valence-electron chi connectivity index (χ3n) is 3.02. The maximum atomic E-state index is 4.62. The highest BCUT2D eigenvalue weighted by atomic mass is 32.1. The summed E-state index contributed by atoms with van der Waals surface area (Å²) < 4.78 is 0. The molecule has 0 spiro atoms. The van der Waals surface area contributed by atoms with E-state index in [4.69, 9.17) is 0 Å². The lowest BCUT2D eigenvalue weighted by atomic mass is 10.1. The molecular formula is C14H14N4S. The van der Waals surface area contributed by atoms with Crippen LogP contribution in [-0.4, -0.2) is 22.0 Å². The molecule has 0 aliphatic heterocycles. The average molecular weight is 270 g/mol. The molecule has 5 heteroatoms. The van der Waals surface area contributed by atoms with Crippen LogP contribution in [-0.2, 0) is 0 Å². The molecule has 2 aromatic heterocycles. The van der Waals surface area contributed by atoms with Crippen LogP contribution in [0.25, 0.3) is 22.4 Å². The molecule has 0 saturated carbocycles. The number of hydrogen-bond donors (Lipinski definition) is 1. The summed E-state index contributed by atoms with van der Waals surface area (Å²) in [5.74, 6) is 1.52. The minimum absolute atomic E-state index is 0.673. The Morgan fingerprint density at radius 1 is 1.11 bits per heavy atom. The van der Waals surface area contributed by atoms with E-state index >= 15 is 0 Å². The summed E-state index contributed by atoms with van der Waals surface area (Å²) in [5, 5.41) is 7.24. The van der Waals surface area contributed by atoms with Crippen molar-refractivity contribution in [3.63, 3.8) is 0 Å². The van der Waals surface area contributed by atoms with Gasteiger partial charge in [0.2, 0.25) is 0 Å². The van der Waals surface area contributed by atoms with Crippen LogP contribution in [0.5, 0.6) is 0 Å². The molecule has 3 aromatic rings. The summed E-state index contributed by atoms with van der Waals surface area (Å²) in [6.45, 7) is 4.05. The van der Waals surface area contributed by atoms with Crippen molar-refractivity contribution in [2.24, 2.45) is 0 Å². The molecule has 1 aromatic carbocycles. The highest BCUT2D eigenvalue weighted by Crippen LogP contribution is 2.27. The van der Waals surface area contributed by atoms with Gasteiger partial charge in [0.15, 0.2) is 5.82 Å². The molecule has 0 amide bonds. The van der Waals surface area contributed by atoms with Gasteiger partial charge in [-0.25, -0.2) is 15.0 Å². The lowest BCUT2D eigenvalue weighted by Gasteiger charge is -2.09. The first kappa shape index (κ1) is 12.0. The van der Waals surface area contributed by atoms with E-state index in [0.29, 0.717) is 5.82 Å². The summed E-state index contributed by atoms with van der Waals surface area (Å²) in [6, 6.07) is 6.09. The Kier molecular flexibility index (Phi) is 2.91. The monoisotopic (exact) mass is 270 g/mol. The predicted octanol–water partition coefficient (Wildman–Crippen LogP) is 3.41. The normalized spacial score (nSPS) is 10.9. The summed E-state index contributed by atoms with van der Waals surface area (Å²) in [6.07, 6.45) is 0. The van der Waals surface area contributed by atoms with Crippen LogP contribution in [0, 0.1) is 13.8 Å². The number of thiazole rings is 1. The largest absolute Gasteiger partial charge is 0.373 e. The Balaban J connectivity index is 2.29. The minimum atomic E-state index is 0.673. The van der Waals surface area contributed by atoms with Gasteiger partial charge in [-0.3, -0.25) is 0 Å². The fraction of sp³-hybridized carbons (Fsp3) is 0.214. The molecule has 2 heterocycles. The number of aryl methyl sites for hydroxylation is 2. The van der Waals surface area contributed by atoms with E-state index in [-0.39, 0.29) is 0 Å². The lowest BCUT2D eigenvalue weighted by molar-refractivity contribution is 1.17. The molecule has 3 rings (SSSR count). The number of fused-ring (bicyclic) bond motifs is 1. The number of rotatable bonds is 2. The second-order valence-corrected chi connectivity index (χ2v) is 5.43. The summed E-state index contributed by atoms with van der Waals surface area (Å²) in [5.41, 5.74) is 2.95. The predicted molar refractivity (Wildman–Crippen MR) is 79.7 cm³/mol. The topological polar surface area (TPSA) is 50.7 Å². The molecule has 96 valence electrons. The van der Waals surface area contributed by atoms with Gasteiger partial charge < -0.3 is 5.32 Å². The van der Waals surface area contributed by atoms with Gasteiger partial charge in [0.05, 0.1) is 10.5 Å². The van der Waals surface area contributed by atoms with Crippen molar-refractivity contribution in [1.82, 2.24) is 15.0 Å². The Morgan fingerprint density at radius 2 is 1.95 bits per heavy atom. The first-order valence-electron chi connectivity index (χ1n) is 6.06. The van der Waals surface area contributed by atoms with E-state index in [1.165, 1.54) is 5.56 Å². The highest BCUT2D eigenvalue weighted by molar-refractivity contribution is 7.09. The smallest absolute Gasteiger partial charge is 0.181 e. The Morgan fingerprint density at radius 3 is 2.63 bits per heavy atom. The van der Waals surface area contributed by atoms with Crippen molar-refractivity contribution < 1.29 is 0 Å². The fourth-order valence-electron chi connectivity index (χ4n) is 2.12. The third kappa shape index (κ3) is 2.06. The van der Waals surface area contributed by atoms with E-state index in [1.807, 2.05) is 31.5 Å². The van der Waals surface area contributed by atoms with Crippen molar-refractivity contribution in [3.8, 4) is 11.5 Å². The lowest BCUT2D eigenvalue weighted by Crippen LogP contribution is -2.00. The van der Waals surface area contributed by atoms with Gasteiger partial charge in [-0.2, -0.15) is 0 Å². The Labute approximate surface area is 115 Å². The first-order valence-corrected chi connectivity index (χ1v) is 6.94. The molecule has 0 saturated heterocycles. The van der Waals surface area contributed by atoms with E-state index in [9.17, 15) is 0 Å². The number of benzene rings is 1. The van der Waals surface area contributed by atoms with E-state index in [2.05, 4.69) is 33.3 Å². The van der Waals surface area contributed by atoms with Crippen LogP contribution in [0.3, 0.4) is 0 Å². The quantitative estimate of drug-likeness (QED) is 0.775. The molecule has 0 bridgehead atoms. The van der Waals surface area contributed by atoms with Gasteiger partial charge in [-0.05, 0) is 25.5 Å². The first-order chi connectivity index (χ1) is 9.19. The molecule has 1 N–H and O–H groups in total. The van der Waals surface area contributed by atoms with Gasteiger partial charge in [0, 0.05) is 17.8 Å². The molecule has 0 radical (unpaired) electrons. The fourth-order valence-corrected chi connectivity index (χ4v) is 2.71. The molecule has 0 unspecified atom stereocenters. The molecule has 0 fully saturated rings. The second-order valence-electron chi connectivity index (χ2n) is 4.37. The number of anilines is 1. The third-order valence-corrected chi connectivity index (χ3v) is 3.79. The highest BCUT2D eigenvalue weighted by Gasteiger charge is 2.11. The number of nitrogens with one attached hydrogen (secondary N) is 1. The van der Waals surface area contributed by atoms with E-state index in [1.54, 1.807) is 11.3 Å². The summed E-state index contributed by atoms with van der Waals surface area (Å²) in [7, 11) is 1.88. The number of hydrogen-bond acceptors (Lipinski definition) is 5. The van der Waals surface area contributed by atoms with Crippen LogP contribution >= 0.6 is 11.3 Å². The number of aromatic nitrogens is 3. The van der Waals surface area contributed by atoms with Crippen molar-refractivity contribution in [2.45, 2.75) is 13.8 Å². The van der Waals surface area contributed by atoms with Gasteiger partial charge in [0.25, 0.3) is 0 Å². The van der Waals surface area contributed by atoms with Crippen molar-refractivity contribution in [2.75, 3.05) is 12.4 Å². The molecule has 4 nitrogen and oxygen atoms in total. The van der Waals surface area contributed by atoms with Crippen LogP contribution in [0.2, 0.25) is 0 Å². The summed E-state index contributed by atoms with van der Waals surface area (Å²) >= 11 is 1.61. The van der Waals surface area contributed by atoms with Crippen molar-refractivity contribution in [3.05, 3.63) is 34.2 Å². The maximum Gasteiger partial charge on any atom is 0.181 e. The van der Waals surface area contributed by atoms with E-state index < -0.39 is 0 Å². The molecular weight excluding hydrogens is 256 g/mol. The summed E-state index contributed by atoms with van der Waals surface area (Å²) in [4.78, 5) is 13.7.